The van der Waals surface area contributed by atoms with Gasteiger partial charge < -0.3 is 16.0 Å². The van der Waals surface area contributed by atoms with Crippen molar-refractivity contribution in [3.63, 3.8) is 0 Å². The average Bonchev–Trinajstić information content (AvgIpc) is 3.18. The molecule has 0 unspecified atom stereocenters. The van der Waals surface area contributed by atoms with Crippen LogP contribution in [0.3, 0.4) is 0 Å². The molecule has 2 amide bonds. The van der Waals surface area contributed by atoms with Gasteiger partial charge in [0, 0.05) is 21.2 Å². The Morgan fingerprint density at radius 2 is 1.69 bits per heavy atom. The minimum Gasteiger partial charge on any atom is -0.386 e. The maximum Gasteiger partial charge on any atom is 0.275 e. The Hall–Kier alpha value is -2.90. The van der Waals surface area contributed by atoms with E-state index >= 15 is 0 Å². The molecule has 7 nitrogen and oxygen atoms in total. The van der Waals surface area contributed by atoms with E-state index in [-0.39, 0.29) is 35.7 Å². The van der Waals surface area contributed by atoms with Crippen LogP contribution in [0.2, 0.25) is 10.0 Å². The zero-order valence-corrected chi connectivity index (χ0v) is 26.8. The zero-order valence-electron chi connectivity index (χ0n) is 25.3. The van der Waals surface area contributed by atoms with Crippen molar-refractivity contribution < 1.29 is 9.59 Å². The number of hydrogen-bond acceptors (Lipinski definition) is 4. The van der Waals surface area contributed by atoms with Crippen LogP contribution < -0.4 is 11.1 Å². The predicted octanol–water partition coefficient (Wildman–Crippen LogP) is 7.40. The Balaban J connectivity index is 1.75. The topological polar surface area (TPSA) is 112 Å². The quantitative estimate of drug-likeness (QED) is 0.203. The smallest absolute Gasteiger partial charge is 0.275 e. The third-order valence-corrected chi connectivity index (χ3v) is 9.10. The molecule has 2 aliphatic rings. The molecule has 2 aromatic carbocycles. The standard InChI is InChI=1S/C33H43Cl2N5O2/c1-20(2)6-11-27(21-7-9-22(10-8-21)30(41)38-19-28(36)37)40-31(42)29(23-16-25(34)18-26(35)17-23)39-33(40)14-12-24(13-15-33)32(3,4)5/h7-10,16-18,20,24,27H,6,11-15,19H2,1-5H3,(H3,36,37)(H,38,41)/t24?,27-,33?/m1/s1. The third-order valence-electron chi connectivity index (χ3n) is 8.66. The van der Waals surface area contributed by atoms with E-state index in [0.29, 0.717) is 38.7 Å². The van der Waals surface area contributed by atoms with Crippen LogP contribution in [0.4, 0.5) is 0 Å². The van der Waals surface area contributed by atoms with Crippen molar-refractivity contribution in [2.75, 3.05) is 6.54 Å². The second-order valence-electron chi connectivity index (χ2n) is 13.2. The number of benzene rings is 2. The van der Waals surface area contributed by atoms with Crippen LogP contribution >= 0.6 is 23.2 Å². The van der Waals surface area contributed by atoms with E-state index in [9.17, 15) is 9.59 Å². The highest BCUT2D eigenvalue weighted by molar-refractivity contribution is 6.47. The maximum atomic E-state index is 14.5. The summed E-state index contributed by atoms with van der Waals surface area (Å²) < 4.78 is 0. The second kappa shape index (κ2) is 12.8. The molecule has 4 N–H and O–H groups in total. The summed E-state index contributed by atoms with van der Waals surface area (Å²) >= 11 is 12.7. The van der Waals surface area contributed by atoms with Crippen molar-refractivity contribution in [3.8, 4) is 0 Å². The number of nitrogens with zero attached hydrogens (tertiary/aromatic N) is 2. The number of amidine groups is 1. The van der Waals surface area contributed by atoms with E-state index in [1.807, 2.05) is 17.0 Å². The second-order valence-corrected chi connectivity index (χ2v) is 14.1. The fourth-order valence-electron chi connectivity index (χ4n) is 6.29. The lowest BCUT2D eigenvalue weighted by Crippen LogP contribution is -2.51. The van der Waals surface area contributed by atoms with Gasteiger partial charge in [-0.3, -0.25) is 20.0 Å². The molecule has 42 heavy (non-hydrogen) atoms. The largest absolute Gasteiger partial charge is 0.386 e. The van der Waals surface area contributed by atoms with Gasteiger partial charge in [-0.25, -0.2) is 0 Å². The van der Waals surface area contributed by atoms with E-state index < -0.39 is 5.66 Å². The molecule has 1 atom stereocenters. The highest BCUT2D eigenvalue weighted by atomic mass is 35.5. The normalized spacial score (nSPS) is 21.5. The summed E-state index contributed by atoms with van der Waals surface area (Å²) in [6, 6.07) is 12.4. The highest BCUT2D eigenvalue weighted by Gasteiger charge is 2.52. The summed E-state index contributed by atoms with van der Waals surface area (Å²) in [5.41, 5.74) is 7.39. The number of nitrogens with one attached hydrogen (secondary N) is 2. The number of halogens is 2. The molecule has 1 fully saturated rings. The van der Waals surface area contributed by atoms with E-state index in [4.69, 9.17) is 39.3 Å². The Kier molecular flexibility index (Phi) is 9.73. The van der Waals surface area contributed by atoms with Crippen molar-refractivity contribution in [1.29, 1.82) is 5.41 Å². The maximum absolute atomic E-state index is 14.5. The van der Waals surface area contributed by atoms with E-state index in [1.165, 1.54) is 0 Å². The Morgan fingerprint density at radius 1 is 1.10 bits per heavy atom. The molecule has 2 aromatic rings. The van der Waals surface area contributed by atoms with Crippen LogP contribution in [-0.2, 0) is 4.79 Å². The summed E-state index contributed by atoms with van der Waals surface area (Å²) in [5.74, 6) is 0.473. The molecule has 0 radical (unpaired) electrons. The van der Waals surface area contributed by atoms with E-state index in [1.54, 1.807) is 30.3 Å². The molecule has 1 saturated carbocycles. The summed E-state index contributed by atoms with van der Waals surface area (Å²) in [6.45, 7) is 11.2. The van der Waals surface area contributed by atoms with Crippen molar-refractivity contribution in [1.82, 2.24) is 10.2 Å². The van der Waals surface area contributed by atoms with Crippen LogP contribution in [0.5, 0.6) is 0 Å². The van der Waals surface area contributed by atoms with Crippen molar-refractivity contribution in [3.05, 3.63) is 69.2 Å². The summed E-state index contributed by atoms with van der Waals surface area (Å²) in [4.78, 5) is 34.4. The van der Waals surface area contributed by atoms with Gasteiger partial charge in [-0.05, 0) is 91.7 Å². The van der Waals surface area contributed by atoms with Crippen LogP contribution in [0.25, 0.3) is 0 Å². The SMILES string of the molecule is CC(C)CC[C@H](c1ccc(C(=O)NCC(=N)N)cc1)N1C(=O)C(c2cc(Cl)cc(Cl)c2)=NC12CCC(C(C)(C)C)CC2. The highest BCUT2D eigenvalue weighted by Crippen LogP contribution is 2.50. The van der Waals surface area contributed by atoms with Gasteiger partial charge >= 0.3 is 0 Å². The minimum absolute atomic E-state index is 0.00834. The van der Waals surface area contributed by atoms with Gasteiger partial charge in [-0.2, -0.15) is 0 Å². The lowest BCUT2D eigenvalue weighted by atomic mass is 9.69. The van der Waals surface area contributed by atoms with Crippen LogP contribution in [0.15, 0.2) is 47.5 Å². The molecule has 1 spiro atoms. The number of amides is 2. The zero-order chi connectivity index (χ0) is 30.8. The van der Waals surface area contributed by atoms with Gasteiger partial charge in [0.05, 0.1) is 12.6 Å². The van der Waals surface area contributed by atoms with Crippen LogP contribution in [0, 0.1) is 22.7 Å². The van der Waals surface area contributed by atoms with Crippen LogP contribution in [-0.4, -0.2) is 40.5 Å². The Bertz CT molecular complexity index is 1340. The minimum atomic E-state index is -0.665. The molecule has 0 aromatic heterocycles. The Morgan fingerprint density at radius 3 is 2.21 bits per heavy atom. The summed E-state index contributed by atoms with van der Waals surface area (Å²) in [5, 5.41) is 11.0. The molecule has 226 valence electrons. The third kappa shape index (κ3) is 7.17. The van der Waals surface area contributed by atoms with Crippen LogP contribution in [0.1, 0.15) is 101 Å². The number of hydrogen-bond donors (Lipinski definition) is 3. The van der Waals surface area contributed by atoms with Gasteiger partial charge in [0.15, 0.2) is 0 Å². The van der Waals surface area contributed by atoms with Gasteiger partial charge in [0.2, 0.25) is 0 Å². The summed E-state index contributed by atoms with van der Waals surface area (Å²) in [7, 11) is 0. The van der Waals surface area contributed by atoms with Gasteiger partial charge in [0.25, 0.3) is 11.8 Å². The lowest BCUT2D eigenvalue weighted by molar-refractivity contribution is -0.133. The molecule has 1 aliphatic heterocycles. The number of carbonyl (C=O) groups excluding carboxylic acids is 2. The monoisotopic (exact) mass is 611 g/mol. The molecule has 1 aliphatic carbocycles. The first-order valence-electron chi connectivity index (χ1n) is 14.8. The molecule has 0 saturated heterocycles. The van der Waals surface area contributed by atoms with Gasteiger partial charge in [0.1, 0.15) is 17.2 Å². The lowest BCUT2D eigenvalue weighted by Gasteiger charge is -2.47. The fraction of sp³-hybridized carbons (Fsp3) is 0.515. The molecular formula is C33H43Cl2N5O2. The number of nitrogens with two attached hydrogens (primary N) is 1. The number of carbonyl (C=O) groups is 2. The molecule has 4 rings (SSSR count). The fourth-order valence-corrected chi connectivity index (χ4v) is 6.82. The number of rotatable bonds is 9. The molecule has 1 heterocycles. The molecular weight excluding hydrogens is 569 g/mol. The predicted molar refractivity (Wildman–Crippen MR) is 171 cm³/mol. The molecule has 0 bridgehead atoms. The van der Waals surface area contributed by atoms with E-state index in [2.05, 4.69) is 39.9 Å². The first-order valence-corrected chi connectivity index (χ1v) is 15.6. The first-order chi connectivity index (χ1) is 19.7. The number of aliphatic imine (C=N–C) groups is 1. The van der Waals surface area contributed by atoms with Gasteiger partial charge in [-0.1, -0.05) is 70.0 Å². The summed E-state index contributed by atoms with van der Waals surface area (Å²) in [6.07, 6.45) is 5.21. The average molecular weight is 613 g/mol. The van der Waals surface area contributed by atoms with Crippen molar-refractivity contribution in [2.24, 2.45) is 28.0 Å². The first kappa shape index (κ1) is 32.0. The van der Waals surface area contributed by atoms with Crippen molar-refractivity contribution >= 4 is 46.6 Å². The Labute approximate surface area is 259 Å². The van der Waals surface area contributed by atoms with Gasteiger partial charge in [-0.15, -0.1) is 0 Å². The van der Waals surface area contributed by atoms with Crippen molar-refractivity contribution in [2.45, 2.75) is 84.8 Å². The van der Waals surface area contributed by atoms with E-state index in [0.717, 1.165) is 44.1 Å². The molecule has 9 heteroatoms.